The minimum absolute atomic E-state index is 0.755. The lowest BCUT2D eigenvalue weighted by Crippen LogP contribution is -2.37. The summed E-state index contributed by atoms with van der Waals surface area (Å²) in [6.45, 7) is 5.36. The zero-order valence-electron chi connectivity index (χ0n) is 10.3. The number of fused-ring (bicyclic) bond motifs is 1. The van der Waals surface area contributed by atoms with Crippen LogP contribution in [0.1, 0.15) is 12.6 Å². The molecule has 1 saturated heterocycles. The average Bonchev–Trinajstić information content (AvgIpc) is 2.77. The standard InChI is InChI=1S/C12H15BrN4O/c1-2-9-10(13)17-4-3-14-11(12(17)15-9)16-5-7-18-8-6-16/h3-4H,2,5-8H2,1H3. The molecule has 1 fully saturated rings. The van der Waals surface area contributed by atoms with Gasteiger partial charge in [-0.15, -0.1) is 0 Å². The summed E-state index contributed by atoms with van der Waals surface area (Å²) in [5, 5.41) is 0. The Morgan fingerprint density at radius 3 is 2.89 bits per heavy atom. The SMILES string of the molecule is CCc1nc2c(N3CCOCC3)nccn2c1Br. The minimum Gasteiger partial charge on any atom is -0.378 e. The molecule has 0 atom stereocenters. The predicted molar refractivity (Wildman–Crippen MR) is 73.1 cm³/mol. The fourth-order valence-electron chi connectivity index (χ4n) is 2.21. The zero-order chi connectivity index (χ0) is 12.5. The van der Waals surface area contributed by atoms with Crippen LogP contribution in [0.25, 0.3) is 5.65 Å². The lowest BCUT2D eigenvalue weighted by Gasteiger charge is -2.27. The van der Waals surface area contributed by atoms with E-state index in [1.54, 1.807) is 0 Å². The quantitative estimate of drug-likeness (QED) is 0.849. The first-order chi connectivity index (χ1) is 8.81. The van der Waals surface area contributed by atoms with Crippen LogP contribution in [0.4, 0.5) is 5.82 Å². The Labute approximate surface area is 114 Å². The number of morpholine rings is 1. The summed E-state index contributed by atoms with van der Waals surface area (Å²) in [7, 11) is 0. The molecule has 18 heavy (non-hydrogen) atoms. The van der Waals surface area contributed by atoms with Crippen molar-refractivity contribution >= 4 is 27.4 Å². The molecule has 0 radical (unpaired) electrons. The lowest BCUT2D eigenvalue weighted by atomic mass is 10.4. The van der Waals surface area contributed by atoms with Gasteiger partial charge in [0.15, 0.2) is 11.5 Å². The molecule has 0 amide bonds. The molecule has 2 aromatic heterocycles. The van der Waals surface area contributed by atoms with Crippen LogP contribution in [-0.2, 0) is 11.2 Å². The molecule has 1 aliphatic heterocycles. The smallest absolute Gasteiger partial charge is 0.181 e. The van der Waals surface area contributed by atoms with Gasteiger partial charge < -0.3 is 9.64 Å². The van der Waals surface area contributed by atoms with Crippen molar-refractivity contribution in [1.82, 2.24) is 14.4 Å². The maximum Gasteiger partial charge on any atom is 0.181 e. The molecule has 3 rings (SSSR count). The van der Waals surface area contributed by atoms with E-state index in [1.807, 2.05) is 12.4 Å². The highest BCUT2D eigenvalue weighted by atomic mass is 79.9. The van der Waals surface area contributed by atoms with E-state index in [4.69, 9.17) is 4.74 Å². The molecule has 3 heterocycles. The van der Waals surface area contributed by atoms with Gasteiger partial charge in [0.1, 0.15) is 4.60 Å². The number of nitrogens with zero attached hydrogens (tertiary/aromatic N) is 4. The second kappa shape index (κ2) is 4.85. The van der Waals surface area contributed by atoms with Crippen molar-refractivity contribution in [3.63, 3.8) is 0 Å². The number of halogens is 1. The van der Waals surface area contributed by atoms with Crippen molar-refractivity contribution in [2.45, 2.75) is 13.3 Å². The van der Waals surface area contributed by atoms with Crippen LogP contribution in [0.15, 0.2) is 17.0 Å². The van der Waals surface area contributed by atoms with E-state index in [1.165, 1.54) is 0 Å². The van der Waals surface area contributed by atoms with E-state index in [0.29, 0.717) is 0 Å². The van der Waals surface area contributed by atoms with Crippen LogP contribution in [0.2, 0.25) is 0 Å². The summed E-state index contributed by atoms with van der Waals surface area (Å²) >= 11 is 3.60. The zero-order valence-corrected chi connectivity index (χ0v) is 11.9. The number of anilines is 1. The Hall–Kier alpha value is -1.14. The molecule has 0 spiro atoms. The number of hydrogen-bond acceptors (Lipinski definition) is 4. The third kappa shape index (κ3) is 1.89. The van der Waals surface area contributed by atoms with Gasteiger partial charge in [-0.2, -0.15) is 0 Å². The van der Waals surface area contributed by atoms with E-state index in [-0.39, 0.29) is 0 Å². The van der Waals surface area contributed by atoms with Crippen LogP contribution in [0, 0.1) is 0 Å². The van der Waals surface area contributed by atoms with Gasteiger partial charge in [0.05, 0.1) is 18.9 Å². The molecule has 0 aromatic carbocycles. The highest BCUT2D eigenvalue weighted by Gasteiger charge is 2.18. The molecule has 0 saturated carbocycles. The monoisotopic (exact) mass is 310 g/mol. The van der Waals surface area contributed by atoms with E-state index in [9.17, 15) is 0 Å². The summed E-state index contributed by atoms with van der Waals surface area (Å²) < 4.78 is 8.45. The fourth-order valence-corrected chi connectivity index (χ4v) is 2.86. The van der Waals surface area contributed by atoms with Crippen molar-refractivity contribution in [3.05, 3.63) is 22.7 Å². The van der Waals surface area contributed by atoms with E-state index >= 15 is 0 Å². The number of aromatic nitrogens is 3. The Kier molecular flexibility index (Phi) is 3.22. The van der Waals surface area contributed by atoms with E-state index in [2.05, 4.69) is 42.1 Å². The number of aryl methyl sites for hydroxylation is 1. The van der Waals surface area contributed by atoms with Crippen LogP contribution in [-0.4, -0.2) is 40.7 Å². The predicted octanol–water partition coefficient (Wildman–Crippen LogP) is 1.89. The molecule has 2 aromatic rings. The molecule has 1 aliphatic rings. The van der Waals surface area contributed by atoms with Gasteiger partial charge >= 0.3 is 0 Å². The molecule has 0 aliphatic carbocycles. The summed E-state index contributed by atoms with van der Waals surface area (Å²) in [5.74, 6) is 0.946. The molecule has 0 N–H and O–H groups in total. The van der Waals surface area contributed by atoms with Gasteiger partial charge in [0.2, 0.25) is 0 Å². The summed E-state index contributed by atoms with van der Waals surface area (Å²) in [4.78, 5) is 11.4. The van der Waals surface area contributed by atoms with E-state index < -0.39 is 0 Å². The third-order valence-electron chi connectivity index (χ3n) is 3.18. The summed E-state index contributed by atoms with van der Waals surface area (Å²) in [6.07, 6.45) is 4.67. The molecule has 0 unspecified atom stereocenters. The molecule has 96 valence electrons. The van der Waals surface area contributed by atoms with Crippen molar-refractivity contribution in [2.24, 2.45) is 0 Å². The first kappa shape index (κ1) is 11.9. The van der Waals surface area contributed by atoms with Crippen molar-refractivity contribution < 1.29 is 4.74 Å². The molecule has 6 heteroatoms. The topological polar surface area (TPSA) is 42.7 Å². The summed E-state index contributed by atoms with van der Waals surface area (Å²) in [5.41, 5.74) is 1.99. The van der Waals surface area contributed by atoms with Gasteiger partial charge in [-0.1, -0.05) is 6.92 Å². The highest BCUT2D eigenvalue weighted by molar-refractivity contribution is 9.10. The molecule has 0 bridgehead atoms. The second-order valence-electron chi connectivity index (χ2n) is 4.25. The first-order valence-corrected chi connectivity index (χ1v) is 6.94. The van der Waals surface area contributed by atoms with Crippen molar-refractivity contribution in [1.29, 1.82) is 0 Å². The molecular formula is C12H15BrN4O. The maximum atomic E-state index is 5.38. The second-order valence-corrected chi connectivity index (χ2v) is 5.00. The van der Waals surface area contributed by atoms with Crippen LogP contribution in [0.5, 0.6) is 0 Å². The largest absolute Gasteiger partial charge is 0.378 e. The Morgan fingerprint density at radius 1 is 1.39 bits per heavy atom. The number of imidazole rings is 1. The van der Waals surface area contributed by atoms with Gasteiger partial charge in [0, 0.05) is 25.5 Å². The normalized spacial score (nSPS) is 16.4. The Morgan fingerprint density at radius 2 is 2.17 bits per heavy atom. The fraction of sp³-hybridized carbons (Fsp3) is 0.500. The van der Waals surface area contributed by atoms with Crippen LogP contribution >= 0.6 is 15.9 Å². The number of rotatable bonds is 2. The first-order valence-electron chi connectivity index (χ1n) is 6.15. The summed E-state index contributed by atoms with van der Waals surface area (Å²) in [6, 6.07) is 0. The Balaban J connectivity index is 2.11. The van der Waals surface area contributed by atoms with Gasteiger partial charge in [-0.25, -0.2) is 9.97 Å². The maximum absolute atomic E-state index is 5.38. The van der Waals surface area contributed by atoms with Gasteiger partial charge in [-0.05, 0) is 22.4 Å². The van der Waals surface area contributed by atoms with Gasteiger partial charge in [0.25, 0.3) is 0 Å². The van der Waals surface area contributed by atoms with Crippen molar-refractivity contribution in [3.8, 4) is 0 Å². The van der Waals surface area contributed by atoms with Gasteiger partial charge in [-0.3, -0.25) is 4.40 Å². The van der Waals surface area contributed by atoms with Crippen molar-refractivity contribution in [2.75, 3.05) is 31.2 Å². The van der Waals surface area contributed by atoms with Crippen LogP contribution in [0.3, 0.4) is 0 Å². The average molecular weight is 311 g/mol. The Bertz CT molecular complexity index is 562. The number of hydrogen-bond donors (Lipinski definition) is 0. The highest BCUT2D eigenvalue weighted by Crippen LogP contribution is 2.25. The van der Waals surface area contributed by atoms with Crippen LogP contribution < -0.4 is 4.90 Å². The minimum atomic E-state index is 0.755. The van der Waals surface area contributed by atoms with E-state index in [0.717, 1.165) is 54.5 Å². The molecule has 5 nitrogen and oxygen atoms in total. The number of ether oxygens (including phenoxy) is 1. The third-order valence-corrected chi connectivity index (χ3v) is 4.02. The molecular weight excluding hydrogens is 296 g/mol. The lowest BCUT2D eigenvalue weighted by molar-refractivity contribution is 0.122.